The quantitative estimate of drug-likeness (QED) is 0.201. The minimum Gasteiger partial charge on any atom is -0.571 e. The fraction of sp³-hybridized carbons (Fsp3) is 0.129. The lowest BCUT2D eigenvalue weighted by atomic mass is 9.61. The first kappa shape index (κ1) is 25.1. The van der Waals surface area contributed by atoms with Crippen molar-refractivity contribution in [2.45, 2.75) is 5.92 Å². The van der Waals surface area contributed by atoms with Crippen molar-refractivity contribution in [1.82, 2.24) is 0 Å². The molecule has 3 heterocycles. The molecule has 0 bridgehead atoms. The lowest BCUT2D eigenvalue weighted by molar-refractivity contribution is 0.102. The van der Waals surface area contributed by atoms with Gasteiger partial charge in [0.2, 0.25) is 0 Å². The standard InChI is InChI=1S/C31H13Cl3N3O6/c32-19-7-41-29(35-19)10-1-13-22-14(2-10)27(39)17-5-12(31-37-21(34)9-43-31)6-18-24(17)25(22)23-15(26(13)38)3-11(4-16(23)28(18)40)30-36-20(33)8-42-30/h1-6,25H,7-9H2/q-3. The van der Waals surface area contributed by atoms with Gasteiger partial charge in [0.1, 0.15) is 0 Å². The molecule has 0 atom stereocenters. The Kier molecular flexibility index (Phi) is 5.00. The van der Waals surface area contributed by atoms with Gasteiger partial charge in [-0.1, -0.05) is 36.4 Å². The maximum Gasteiger partial charge on any atom is 0.193 e. The van der Waals surface area contributed by atoms with Crippen LogP contribution in [0, 0.1) is 16.5 Å². The third kappa shape index (κ3) is 3.38. The van der Waals surface area contributed by atoms with E-state index in [0.717, 1.165) is 0 Å². The summed E-state index contributed by atoms with van der Waals surface area (Å²) < 4.78 is 17.0. The maximum absolute atomic E-state index is 14.3. The van der Waals surface area contributed by atoms with E-state index in [2.05, 4.69) is 15.0 Å². The minimum absolute atomic E-state index is 0.0877. The largest absolute Gasteiger partial charge is 0.571 e. The summed E-state index contributed by atoms with van der Waals surface area (Å²) in [5, 5.41) is 0. The summed E-state index contributed by atoms with van der Waals surface area (Å²) in [4.78, 5) is 55.6. The normalized spacial score (nSPS) is 19.2. The van der Waals surface area contributed by atoms with Crippen molar-refractivity contribution in [2.75, 3.05) is 19.8 Å². The van der Waals surface area contributed by atoms with E-state index in [1.54, 1.807) is 36.4 Å². The highest BCUT2D eigenvalue weighted by atomic mass is 35.5. The van der Waals surface area contributed by atoms with Gasteiger partial charge in [-0.3, -0.25) is 14.4 Å². The Morgan fingerprint density at radius 1 is 0.512 bits per heavy atom. The smallest absolute Gasteiger partial charge is 0.193 e. The maximum atomic E-state index is 14.3. The Labute approximate surface area is 258 Å². The van der Waals surface area contributed by atoms with Crippen LogP contribution in [0.3, 0.4) is 0 Å². The summed E-state index contributed by atoms with van der Waals surface area (Å²) >= 11 is 18.3. The Bertz CT molecular complexity index is 1710. The van der Waals surface area contributed by atoms with E-state index in [0.29, 0.717) is 66.8 Å². The molecule has 0 N–H and O–H groups in total. The van der Waals surface area contributed by atoms with Gasteiger partial charge < -0.3 is 29.2 Å². The van der Waals surface area contributed by atoms with Gasteiger partial charge in [0.25, 0.3) is 0 Å². The van der Waals surface area contributed by atoms with Crippen LogP contribution in [0.15, 0.2) is 51.4 Å². The van der Waals surface area contributed by atoms with E-state index in [-0.39, 0.29) is 71.4 Å². The van der Waals surface area contributed by atoms with Gasteiger partial charge >= 0.3 is 0 Å². The summed E-state index contributed by atoms with van der Waals surface area (Å²) in [6.45, 7) is 0.263. The van der Waals surface area contributed by atoms with Crippen LogP contribution in [0.4, 0.5) is 0 Å². The highest BCUT2D eigenvalue weighted by Gasteiger charge is 2.47. The van der Waals surface area contributed by atoms with Crippen molar-refractivity contribution in [1.29, 1.82) is 0 Å². The molecule has 12 heteroatoms. The molecule has 0 saturated heterocycles. The third-order valence-corrected chi connectivity index (χ3v) is 8.85. The number of nitrogens with zero attached hydrogens (tertiary/aromatic N) is 3. The SMILES string of the molecule is O=C1c2cc(C3=N[C-](Cl)CO3)cc3c2C2c4c1cc(C1=N[C-](Cl)CO1)cc4C(=O)c1cc(C4=N[C-](Cl)CO4)cc(c12)C3=O. The molecule has 3 aliphatic carbocycles. The number of benzene rings is 3. The van der Waals surface area contributed by atoms with Crippen LogP contribution in [0.2, 0.25) is 0 Å². The van der Waals surface area contributed by atoms with Crippen molar-refractivity contribution < 1.29 is 28.6 Å². The van der Waals surface area contributed by atoms with Gasteiger partial charge in [0.15, 0.2) is 17.3 Å². The van der Waals surface area contributed by atoms with Crippen LogP contribution in [-0.2, 0) is 14.2 Å². The highest BCUT2D eigenvalue weighted by Crippen LogP contribution is 2.53. The monoisotopic (exact) mass is 628 g/mol. The highest BCUT2D eigenvalue weighted by molar-refractivity contribution is 6.31. The topological polar surface area (TPSA) is 116 Å². The average Bonchev–Trinajstić information content (AvgIpc) is 3.76. The fourth-order valence-electron chi connectivity index (χ4n) is 6.61. The van der Waals surface area contributed by atoms with E-state index in [4.69, 9.17) is 49.0 Å². The van der Waals surface area contributed by atoms with E-state index >= 15 is 0 Å². The molecule has 0 fully saturated rings. The zero-order valence-corrected chi connectivity index (χ0v) is 23.9. The number of ether oxygens (including phenoxy) is 3. The van der Waals surface area contributed by atoms with Crippen molar-refractivity contribution >= 4 is 69.8 Å². The van der Waals surface area contributed by atoms with Gasteiger partial charge in [0.05, 0.1) is 37.5 Å². The van der Waals surface area contributed by atoms with E-state index in [9.17, 15) is 14.4 Å². The first-order chi connectivity index (χ1) is 20.8. The number of ketones is 3. The number of carbonyl (C=O) groups is 3. The number of hydrogen-bond donors (Lipinski definition) is 0. The van der Waals surface area contributed by atoms with Crippen molar-refractivity contribution in [3.8, 4) is 0 Å². The van der Waals surface area contributed by atoms with Gasteiger partial charge in [-0.05, 0) is 49.9 Å². The Balaban J connectivity index is 1.36. The first-order valence-electron chi connectivity index (χ1n) is 13.1. The van der Waals surface area contributed by atoms with Crippen LogP contribution in [0.5, 0.6) is 0 Å². The zero-order valence-electron chi connectivity index (χ0n) is 21.6. The van der Waals surface area contributed by atoms with Gasteiger partial charge in [-0.15, -0.1) is 0 Å². The molecule has 0 saturated carbocycles. The lowest BCUT2D eigenvalue weighted by Gasteiger charge is -2.40. The Morgan fingerprint density at radius 2 is 0.767 bits per heavy atom. The summed E-state index contributed by atoms with van der Waals surface area (Å²) in [5.74, 6) is -0.978. The van der Waals surface area contributed by atoms with Gasteiger partial charge in [0, 0.05) is 39.3 Å². The van der Waals surface area contributed by atoms with E-state index in [1.165, 1.54) is 0 Å². The number of aliphatic imine (C=N–C) groups is 3. The van der Waals surface area contributed by atoms with Gasteiger partial charge in [-0.2, -0.15) is 34.8 Å². The Hall–Kier alpha value is -4.44. The summed E-state index contributed by atoms with van der Waals surface area (Å²) in [6, 6.07) is 10.0. The molecular formula is C31H13Cl3N3O6-3. The van der Waals surface area contributed by atoms with Crippen molar-refractivity contribution in [2.24, 2.45) is 15.0 Å². The number of carbonyl (C=O) groups excluding carboxylic acids is 3. The van der Waals surface area contributed by atoms with Crippen molar-refractivity contribution in [3.05, 3.63) is 120 Å². The van der Waals surface area contributed by atoms with Crippen molar-refractivity contribution in [3.63, 3.8) is 0 Å². The molecule has 212 valence electrons. The molecule has 9 rings (SSSR count). The second kappa shape index (κ2) is 8.57. The molecule has 3 aromatic rings. The molecule has 0 radical (unpaired) electrons. The van der Waals surface area contributed by atoms with E-state index in [1.807, 2.05) is 0 Å². The molecule has 6 aliphatic rings. The van der Waals surface area contributed by atoms with E-state index < -0.39 is 5.92 Å². The third-order valence-electron chi connectivity index (χ3n) is 8.27. The average molecular weight is 630 g/mol. The van der Waals surface area contributed by atoms with Gasteiger partial charge in [-0.25, -0.2) is 0 Å². The number of hydrogen-bond acceptors (Lipinski definition) is 9. The number of rotatable bonds is 3. The zero-order chi connectivity index (χ0) is 29.3. The fourth-order valence-corrected chi connectivity index (χ4v) is 7.00. The minimum atomic E-state index is -0.560. The molecule has 0 unspecified atom stereocenters. The van der Waals surface area contributed by atoms with Crippen LogP contribution in [0.25, 0.3) is 0 Å². The van der Waals surface area contributed by atoms with Crippen LogP contribution >= 0.6 is 34.8 Å². The molecular weight excluding hydrogens is 617 g/mol. The second-order valence-electron chi connectivity index (χ2n) is 10.6. The molecule has 43 heavy (non-hydrogen) atoms. The molecule has 3 aliphatic heterocycles. The predicted molar refractivity (Wildman–Crippen MR) is 155 cm³/mol. The summed E-state index contributed by atoms with van der Waals surface area (Å²) in [5.41, 5.74) is 5.59. The van der Waals surface area contributed by atoms with Crippen LogP contribution in [-0.4, -0.2) is 54.9 Å². The second-order valence-corrected chi connectivity index (χ2v) is 11.9. The molecule has 0 spiro atoms. The predicted octanol–water partition coefficient (Wildman–Crippen LogP) is 5.02. The molecule has 9 nitrogen and oxygen atoms in total. The molecule has 0 aromatic heterocycles. The molecule has 0 amide bonds. The first-order valence-corrected chi connectivity index (χ1v) is 14.3. The lowest BCUT2D eigenvalue weighted by Crippen LogP contribution is -2.35. The molecule has 3 aromatic carbocycles. The Morgan fingerprint density at radius 3 is 0.977 bits per heavy atom. The summed E-state index contributed by atoms with van der Waals surface area (Å²) in [6.07, 6.45) is 0. The van der Waals surface area contributed by atoms with Crippen LogP contribution in [0.1, 0.15) is 87.1 Å². The van der Waals surface area contributed by atoms with Crippen LogP contribution < -0.4 is 0 Å². The summed E-state index contributed by atoms with van der Waals surface area (Å²) in [7, 11) is 0. The number of halogens is 3.